The van der Waals surface area contributed by atoms with Crippen molar-refractivity contribution in [3.8, 4) is 0 Å². The van der Waals surface area contributed by atoms with E-state index in [0.717, 1.165) is 5.75 Å². The van der Waals surface area contributed by atoms with E-state index in [9.17, 15) is 4.79 Å². The topological polar surface area (TPSA) is 29.1 Å². The quantitative estimate of drug-likeness (QED) is 0.833. The Bertz CT molecular complexity index is 365. The molecular formula is C14H21NOS. The van der Waals surface area contributed by atoms with E-state index < -0.39 is 0 Å². The molecule has 1 rings (SSSR count). The first-order valence-corrected chi connectivity index (χ1v) is 6.86. The lowest BCUT2D eigenvalue weighted by atomic mass is 9.87. The van der Waals surface area contributed by atoms with Gasteiger partial charge in [0.25, 0.3) is 0 Å². The van der Waals surface area contributed by atoms with Crippen molar-refractivity contribution in [3.63, 3.8) is 0 Å². The highest BCUT2D eigenvalue weighted by atomic mass is 32.2. The predicted octanol–water partition coefficient (Wildman–Crippen LogP) is 3.21. The monoisotopic (exact) mass is 251 g/mol. The van der Waals surface area contributed by atoms with Crippen molar-refractivity contribution in [3.05, 3.63) is 29.8 Å². The minimum atomic E-state index is 0.101. The second-order valence-corrected chi connectivity index (χ2v) is 6.21. The van der Waals surface area contributed by atoms with Crippen molar-refractivity contribution in [1.82, 2.24) is 5.32 Å². The summed E-state index contributed by atoms with van der Waals surface area (Å²) >= 11 is 1.72. The van der Waals surface area contributed by atoms with E-state index in [1.807, 2.05) is 0 Å². The van der Waals surface area contributed by atoms with Gasteiger partial charge in [0.15, 0.2) is 0 Å². The summed E-state index contributed by atoms with van der Waals surface area (Å²) in [5, 5.41) is 2.63. The molecule has 3 heteroatoms. The number of benzene rings is 1. The lowest BCUT2D eigenvalue weighted by Crippen LogP contribution is -2.17. The van der Waals surface area contributed by atoms with Gasteiger partial charge in [-0.1, -0.05) is 32.9 Å². The molecule has 0 bridgehead atoms. The molecule has 0 aromatic heterocycles. The van der Waals surface area contributed by atoms with Crippen LogP contribution in [0.2, 0.25) is 0 Å². The van der Waals surface area contributed by atoms with Gasteiger partial charge in [0, 0.05) is 24.1 Å². The average Bonchev–Trinajstić information content (AvgIpc) is 2.28. The largest absolute Gasteiger partial charge is 0.359 e. The van der Waals surface area contributed by atoms with Crippen molar-refractivity contribution in [1.29, 1.82) is 0 Å². The molecule has 1 aromatic rings. The van der Waals surface area contributed by atoms with Crippen LogP contribution >= 0.6 is 11.8 Å². The van der Waals surface area contributed by atoms with Crippen LogP contribution in [0.1, 0.15) is 32.8 Å². The molecule has 0 heterocycles. The molecule has 1 aromatic carbocycles. The summed E-state index contributed by atoms with van der Waals surface area (Å²) in [6.07, 6.45) is 0.572. The Kier molecular flexibility index (Phi) is 5.06. The minimum Gasteiger partial charge on any atom is -0.359 e. The highest BCUT2D eigenvalue weighted by Gasteiger charge is 2.12. The first kappa shape index (κ1) is 14.1. The Morgan fingerprint density at radius 3 is 2.29 bits per heavy atom. The zero-order valence-corrected chi connectivity index (χ0v) is 11.9. The third-order valence-corrected chi connectivity index (χ3v) is 3.61. The van der Waals surface area contributed by atoms with Gasteiger partial charge in [0.05, 0.1) is 0 Å². The maximum absolute atomic E-state index is 11.1. The van der Waals surface area contributed by atoms with Gasteiger partial charge in [-0.3, -0.25) is 4.79 Å². The molecule has 0 radical (unpaired) electrons. The number of hydrogen-bond donors (Lipinski definition) is 1. The average molecular weight is 251 g/mol. The first-order valence-electron chi connectivity index (χ1n) is 5.87. The fourth-order valence-electron chi connectivity index (χ4n) is 1.44. The van der Waals surface area contributed by atoms with Crippen LogP contribution in [0.15, 0.2) is 29.2 Å². The molecule has 0 aliphatic rings. The molecule has 0 spiro atoms. The van der Waals surface area contributed by atoms with Gasteiger partial charge in [0.2, 0.25) is 5.91 Å². The van der Waals surface area contributed by atoms with Gasteiger partial charge in [-0.05, 0) is 23.1 Å². The van der Waals surface area contributed by atoms with Crippen molar-refractivity contribution in [2.45, 2.75) is 37.5 Å². The summed E-state index contributed by atoms with van der Waals surface area (Å²) in [5.41, 5.74) is 1.54. The molecule has 1 N–H and O–H groups in total. The highest BCUT2D eigenvalue weighted by Crippen LogP contribution is 2.25. The Hall–Kier alpha value is -0.960. The minimum absolute atomic E-state index is 0.101. The molecule has 0 unspecified atom stereocenters. The Morgan fingerprint density at radius 1 is 1.24 bits per heavy atom. The van der Waals surface area contributed by atoms with Gasteiger partial charge < -0.3 is 5.32 Å². The second kappa shape index (κ2) is 6.10. The van der Waals surface area contributed by atoms with E-state index in [1.165, 1.54) is 10.5 Å². The summed E-state index contributed by atoms with van der Waals surface area (Å²) in [6.45, 7) is 6.63. The molecule has 0 aliphatic heterocycles. The Balaban J connectivity index is 2.49. The fourth-order valence-corrected chi connectivity index (χ4v) is 2.29. The Morgan fingerprint density at radius 2 is 1.82 bits per heavy atom. The van der Waals surface area contributed by atoms with Crippen LogP contribution in [-0.2, 0) is 10.2 Å². The summed E-state index contributed by atoms with van der Waals surface area (Å²) < 4.78 is 0. The highest BCUT2D eigenvalue weighted by molar-refractivity contribution is 7.99. The number of rotatable bonds is 4. The number of thioether (sulfide) groups is 1. The van der Waals surface area contributed by atoms with Crippen LogP contribution in [0.25, 0.3) is 0 Å². The maximum Gasteiger partial charge on any atom is 0.220 e. The van der Waals surface area contributed by atoms with Gasteiger partial charge in [-0.25, -0.2) is 0 Å². The zero-order chi connectivity index (χ0) is 12.9. The SMILES string of the molecule is CNC(=O)CCSc1ccc(C(C)(C)C)cc1. The molecule has 0 saturated heterocycles. The normalized spacial score (nSPS) is 11.3. The van der Waals surface area contributed by atoms with Gasteiger partial charge in [0.1, 0.15) is 0 Å². The lowest BCUT2D eigenvalue weighted by molar-refractivity contribution is -0.120. The standard InChI is InChI=1S/C14H21NOS/c1-14(2,3)11-5-7-12(8-6-11)17-10-9-13(16)15-4/h5-8H,9-10H2,1-4H3,(H,15,16). The van der Waals surface area contributed by atoms with Crippen molar-refractivity contribution in [2.75, 3.05) is 12.8 Å². The summed E-state index contributed by atoms with van der Waals surface area (Å²) in [7, 11) is 1.67. The number of carbonyl (C=O) groups excluding carboxylic acids is 1. The predicted molar refractivity (Wildman–Crippen MR) is 74.5 cm³/mol. The van der Waals surface area contributed by atoms with E-state index in [0.29, 0.717) is 6.42 Å². The molecule has 17 heavy (non-hydrogen) atoms. The van der Waals surface area contributed by atoms with Crippen molar-refractivity contribution >= 4 is 17.7 Å². The summed E-state index contributed by atoms with van der Waals surface area (Å²) in [4.78, 5) is 12.3. The summed E-state index contributed by atoms with van der Waals surface area (Å²) in [6, 6.07) is 8.61. The first-order chi connectivity index (χ1) is 7.93. The van der Waals surface area contributed by atoms with Gasteiger partial charge in [-0.2, -0.15) is 0 Å². The van der Waals surface area contributed by atoms with E-state index in [4.69, 9.17) is 0 Å². The van der Waals surface area contributed by atoms with Crippen LogP contribution < -0.4 is 5.32 Å². The molecule has 0 fully saturated rings. The summed E-state index contributed by atoms with van der Waals surface area (Å²) in [5.74, 6) is 0.929. The van der Waals surface area contributed by atoms with Gasteiger partial charge >= 0.3 is 0 Å². The van der Waals surface area contributed by atoms with Gasteiger partial charge in [-0.15, -0.1) is 11.8 Å². The molecular weight excluding hydrogens is 230 g/mol. The van der Waals surface area contributed by atoms with Crippen LogP contribution in [-0.4, -0.2) is 18.7 Å². The smallest absolute Gasteiger partial charge is 0.220 e. The van der Waals surface area contributed by atoms with E-state index in [2.05, 4.69) is 50.4 Å². The number of nitrogens with one attached hydrogen (secondary N) is 1. The molecule has 0 aliphatic carbocycles. The van der Waals surface area contributed by atoms with E-state index in [1.54, 1.807) is 18.8 Å². The van der Waals surface area contributed by atoms with Crippen LogP contribution in [0.3, 0.4) is 0 Å². The molecule has 0 saturated carbocycles. The van der Waals surface area contributed by atoms with E-state index >= 15 is 0 Å². The number of carbonyl (C=O) groups is 1. The molecule has 1 amide bonds. The third-order valence-electron chi connectivity index (χ3n) is 2.60. The Labute approximate surface area is 108 Å². The molecule has 0 atom stereocenters. The fraction of sp³-hybridized carbons (Fsp3) is 0.500. The zero-order valence-electron chi connectivity index (χ0n) is 11.0. The van der Waals surface area contributed by atoms with Crippen LogP contribution in [0.5, 0.6) is 0 Å². The maximum atomic E-state index is 11.1. The van der Waals surface area contributed by atoms with E-state index in [-0.39, 0.29) is 11.3 Å². The number of hydrogen-bond acceptors (Lipinski definition) is 2. The second-order valence-electron chi connectivity index (χ2n) is 5.05. The van der Waals surface area contributed by atoms with Crippen LogP contribution in [0, 0.1) is 0 Å². The van der Waals surface area contributed by atoms with Crippen molar-refractivity contribution < 1.29 is 4.79 Å². The third kappa shape index (κ3) is 4.82. The number of amides is 1. The lowest BCUT2D eigenvalue weighted by Gasteiger charge is -2.19. The van der Waals surface area contributed by atoms with Crippen molar-refractivity contribution in [2.24, 2.45) is 0 Å². The molecule has 2 nitrogen and oxygen atoms in total. The molecule has 94 valence electrons. The van der Waals surface area contributed by atoms with Crippen LogP contribution in [0.4, 0.5) is 0 Å².